The molecule has 1 N–H and O–H groups in total. The minimum absolute atomic E-state index is 0.0432. The largest absolute Gasteiger partial charge is 0.351 e. The van der Waals surface area contributed by atoms with Crippen LogP contribution in [0.5, 0.6) is 0 Å². The average Bonchev–Trinajstić information content (AvgIpc) is 3.12. The molecule has 1 aromatic carbocycles. The number of carbonyl (C=O) groups excluding carboxylic acids is 1. The van der Waals surface area contributed by atoms with E-state index >= 15 is 0 Å². The van der Waals surface area contributed by atoms with Crippen molar-refractivity contribution in [1.29, 1.82) is 0 Å². The van der Waals surface area contributed by atoms with E-state index in [0.717, 1.165) is 32.0 Å². The van der Waals surface area contributed by atoms with Gasteiger partial charge >= 0.3 is 0 Å². The number of amides is 1. The molecule has 0 saturated carbocycles. The molecule has 2 aromatic rings. The Hall–Kier alpha value is -1.79. The van der Waals surface area contributed by atoms with E-state index in [9.17, 15) is 13.6 Å². The second-order valence-corrected chi connectivity index (χ2v) is 7.09. The van der Waals surface area contributed by atoms with Gasteiger partial charge in [0.25, 0.3) is 5.91 Å². The molecule has 0 radical (unpaired) electrons. The number of nitrogens with zero attached hydrogens (tertiary/aromatic N) is 1. The highest BCUT2D eigenvalue weighted by molar-refractivity contribution is 7.12. The summed E-state index contributed by atoms with van der Waals surface area (Å²) in [6, 6.07) is 7.96. The molecule has 1 aliphatic rings. The Labute approximate surface area is 144 Å². The third-order valence-electron chi connectivity index (χ3n) is 4.32. The molecule has 1 fully saturated rings. The minimum atomic E-state index is -0.802. The smallest absolute Gasteiger partial charge is 0.261 e. The van der Waals surface area contributed by atoms with Crippen molar-refractivity contribution in [3.8, 4) is 0 Å². The van der Waals surface area contributed by atoms with E-state index in [1.807, 2.05) is 11.4 Å². The van der Waals surface area contributed by atoms with Gasteiger partial charge in [-0.2, -0.15) is 0 Å². The Morgan fingerprint density at radius 1 is 1.29 bits per heavy atom. The molecule has 1 saturated heterocycles. The topological polar surface area (TPSA) is 32.3 Å². The van der Waals surface area contributed by atoms with Crippen LogP contribution in [0.3, 0.4) is 0 Å². The van der Waals surface area contributed by atoms with E-state index in [2.05, 4.69) is 10.2 Å². The summed E-state index contributed by atoms with van der Waals surface area (Å²) in [4.78, 5) is 14.8. The lowest BCUT2D eigenvalue weighted by atomic mass is 9.97. The molecular formula is C18H20F2N2OS. The van der Waals surface area contributed by atoms with Crippen molar-refractivity contribution in [3.05, 3.63) is 57.8 Å². The highest BCUT2D eigenvalue weighted by Crippen LogP contribution is 2.20. The number of piperidine rings is 1. The molecule has 2 heterocycles. The van der Waals surface area contributed by atoms with Gasteiger partial charge in [-0.25, -0.2) is 8.78 Å². The molecular weight excluding hydrogens is 330 g/mol. The predicted octanol–water partition coefficient (Wildman–Crippen LogP) is 3.67. The van der Waals surface area contributed by atoms with Crippen molar-refractivity contribution in [3.63, 3.8) is 0 Å². The molecule has 3 rings (SSSR count). The zero-order valence-corrected chi connectivity index (χ0v) is 14.1. The molecule has 1 amide bonds. The molecule has 0 unspecified atom stereocenters. The fourth-order valence-corrected chi connectivity index (χ4v) is 3.74. The number of nitrogens with one attached hydrogen (secondary N) is 1. The van der Waals surface area contributed by atoms with E-state index in [1.165, 1.54) is 17.4 Å². The van der Waals surface area contributed by atoms with Crippen LogP contribution in [0.2, 0.25) is 0 Å². The van der Waals surface area contributed by atoms with Crippen molar-refractivity contribution in [2.75, 3.05) is 19.6 Å². The molecule has 1 aliphatic heterocycles. The van der Waals surface area contributed by atoms with E-state index in [-0.39, 0.29) is 5.91 Å². The maximum atomic E-state index is 13.8. The first-order valence-electron chi connectivity index (χ1n) is 8.10. The van der Waals surface area contributed by atoms with Crippen LogP contribution in [0.4, 0.5) is 8.78 Å². The summed E-state index contributed by atoms with van der Waals surface area (Å²) in [7, 11) is 0. The van der Waals surface area contributed by atoms with Crippen molar-refractivity contribution in [1.82, 2.24) is 10.2 Å². The van der Waals surface area contributed by atoms with Gasteiger partial charge in [0.15, 0.2) is 11.6 Å². The van der Waals surface area contributed by atoms with Crippen molar-refractivity contribution < 1.29 is 13.6 Å². The van der Waals surface area contributed by atoms with Gasteiger partial charge in [0.2, 0.25) is 0 Å². The molecule has 128 valence electrons. The van der Waals surface area contributed by atoms with Crippen LogP contribution in [0.15, 0.2) is 35.7 Å². The number of halogens is 2. The molecule has 1 aromatic heterocycles. The second-order valence-electron chi connectivity index (χ2n) is 6.14. The number of carbonyl (C=O) groups is 1. The maximum absolute atomic E-state index is 13.8. The first-order chi connectivity index (χ1) is 11.6. The van der Waals surface area contributed by atoms with Crippen LogP contribution in [0, 0.1) is 17.6 Å². The highest BCUT2D eigenvalue weighted by Gasteiger charge is 2.22. The maximum Gasteiger partial charge on any atom is 0.261 e. The van der Waals surface area contributed by atoms with Gasteiger partial charge in [0.05, 0.1) is 4.88 Å². The van der Waals surface area contributed by atoms with Gasteiger partial charge in [-0.05, 0) is 42.8 Å². The number of likely N-dealkylation sites (tertiary alicyclic amines) is 1. The third kappa shape index (κ3) is 4.19. The summed E-state index contributed by atoms with van der Waals surface area (Å²) in [5.41, 5.74) is 0.387. The molecule has 24 heavy (non-hydrogen) atoms. The SMILES string of the molecule is O=C(NC[C@H]1CCCN(Cc2cccc(F)c2F)C1)c1cccs1. The van der Waals surface area contributed by atoms with Crippen molar-refractivity contribution in [2.45, 2.75) is 19.4 Å². The first-order valence-corrected chi connectivity index (χ1v) is 8.98. The number of hydrogen-bond acceptors (Lipinski definition) is 3. The zero-order valence-electron chi connectivity index (χ0n) is 13.3. The summed E-state index contributed by atoms with van der Waals surface area (Å²) >= 11 is 1.42. The second kappa shape index (κ2) is 7.85. The lowest BCUT2D eigenvalue weighted by molar-refractivity contribution is 0.0934. The Balaban J connectivity index is 1.52. The number of thiophene rings is 1. The minimum Gasteiger partial charge on any atom is -0.351 e. The van der Waals surface area contributed by atoms with Gasteiger partial charge in [0, 0.05) is 25.2 Å². The van der Waals surface area contributed by atoms with Crippen LogP contribution < -0.4 is 5.32 Å². The fourth-order valence-electron chi connectivity index (χ4n) is 3.10. The average molecular weight is 350 g/mol. The quantitative estimate of drug-likeness (QED) is 0.892. The van der Waals surface area contributed by atoms with E-state index in [1.54, 1.807) is 12.1 Å². The fraction of sp³-hybridized carbons (Fsp3) is 0.389. The van der Waals surface area contributed by atoms with Crippen LogP contribution >= 0.6 is 11.3 Å². The number of rotatable bonds is 5. The zero-order chi connectivity index (χ0) is 16.9. The first kappa shape index (κ1) is 17.0. The van der Waals surface area contributed by atoms with Gasteiger partial charge in [-0.1, -0.05) is 18.2 Å². The molecule has 0 aliphatic carbocycles. The molecule has 1 atom stereocenters. The van der Waals surface area contributed by atoms with Gasteiger partial charge < -0.3 is 5.32 Å². The third-order valence-corrected chi connectivity index (χ3v) is 5.19. The lowest BCUT2D eigenvalue weighted by Gasteiger charge is -2.32. The standard InChI is InChI=1S/C18H20F2N2OS/c19-15-6-1-5-14(17(15)20)12-22-8-2-4-13(11-22)10-21-18(23)16-7-3-9-24-16/h1,3,5-7,9,13H,2,4,8,10-12H2,(H,21,23)/t13-/m1/s1. The Morgan fingerprint density at radius 3 is 2.96 bits per heavy atom. The van der Waals surface area contributed by atoms with Gasteiger partial charge in [-0.15, -0.1) is 11.3 Å². The summed E-state index contributed by atoms with van der Waals surface area (Å²) in [6.07, 6.45) is 2.03. The summed E-state index contributed by atoms with van der Waals surface area (Å²) in [5, 5.41) is 4.85. The van der Waals surface area contributed by atoms with E-state index in [4.69, 9.17) is 0 Å². The Morgan fingerprint density at radius 2 is 2.17 bits per heavy atom. The van der Waals surface area contributed by atoms with Gasteiger partial charge in [-0.3, -0.25) is 9.69 Å². The van der Waals surface area contributed by atoms with Crippen LogP contribution in [0.1, 0.15) is 28.1 Å². The number of hydrogen-bond donors (Lipinski definition) is 1. The molecule has 3 nitrogen and oxygen atoms in total. The van der Waals surface area contributed by atoms with Crippen LogP contribution in [-0.4, -0.2) is 30.4 Å². The van der Waals surface area contributed by atoms with Crippen molar-refractivity contribution >= 4 is 17.2 Å². The van der Waals surface area contributed by atoms with E-state index in [0.29, 0.717) is 29.4 Å². The summed E-state index contributed by atoms with van der Waals surface area (Å²) in [5.74, 6) is -1.27. The van der Waals surface area contributed by atoms with Crippen LogP contribution in [0.25, 0.3) is 0 Å². The van der Waals surface area contributed by atoms with Gasteiger partial charge in [0.1, 0.15) is 0 Å². The highest BCUT2D eigenvalue weighted by atomic mass is 32.1. The molecule has 0 spiro atoms. The van der Waals surface area contributed by atoms with Crippen LogP contribution in [-0.2, 0) is 6.54 Å². The monoisotopic (exact) mass is 350 g/mol. The number of benzene rings is 1. The van der Waals surface area contributed by atoms with Crippen molar-refractivity contribution in [2.24, 2.45) is 5.92 Å². The summed E-state index contributed by atoms with van der Waals surface area (Å²) < 4.78 is 27.1. The Bertz CT molecular complexity index is 690. The Kier molecular flexibility index (Phi) is 5.58. The molecule has 6 heteroatoms. The summed E-state index contributed by atoms with van der Waals surface area (Å²) in [6.45, 7) is 2.66. The van der Waals surface area contributed by atoms with E-state index < -0.39 is 11.6 Å². The predicted molar refractivity (Wildman–Crippen MR) is 91.0 cm³/mol. The molecule has 0 bridgehead atoms. The normalized spacial score (nSPS) is 18.5. The lowest BCUT2D eigenvalue weighted by Crippen LogP contribution is -2.40.